The summed E-state index contributed by atoms with van der Waals surface area (Å²) in [6, 6.07) is 16.3. The van der Waals surface area contributed by atoms with Crippen molar-refractivity contribution in [3.8, 4) is 17.6 Å². The number of amides is 1. The van der Waals surface area contributed by atoms with Gasteiger partial charge in [0.25, 0.3) is 5.91 Å². The highest BCUT2D eigenvalue weighted by atomic mass is 16.5. The average molecular weight is 310 g/mol. The zero-order valence-electron chi connectivity index (χ0n) is 13.1. The van der Waals surface area contributed by atoms with Crippen molar-refractivity contribution < 1.29 is 14.3 Å². The summed E-state index contributed by atoms with van der Waals surface area (Å²) in [6.07, 6.45) is -0.284. The van der Waals surface area contributed by atoms with Crippen LogP contribution in [-0.4, -0.2) is 19.1 Å². The third-order valence-corrected chi connectivity index (χ3v) is 3.25. The monoisotopic (exact) mass is 310 g/mol. The van der Waals surface area contributed by atoms with Gasteiger partial charge in [0.2, 0.25) is 0 Å². The van der Waals surface area contributed by atoms with Gasteiger partial charge in [0.1, 0.15) is 11.5 Å². The Hall–Kier alpha value is -3.00. The smallest absolute Gasteiger partial charge is 0.265 e. The zero-order valence-corrected chi connectivity index (χ0v) is 13.1. The van der Waals surface area contributed by atoms with Crippen molar-refractivity contribution in [3.05, 3.63) is 54.1 Å². The molecule has 0 aliphatic rings. The number of benzene rings is 2. The molecule has 118 valence electrons. The fraction of sp³-hybridized carbons (Fsp3) is 0.222. The van der Waals surface area contributed by atoms with E-state index in [-0.39, 0.29) is 5.91 Å². The van der Waals surface area contributed by atoms with E-state index in [2.05, 4.69) is 11.4 Å². The molecule has 0 saturated carbocycles. The average Bonchev–Trinajstić information content (AvgIpc) is 2.57. The number of nitrogens with zero attached hydrogens (tertiary/aromatic N) is 1. The number of ether oxygens (including phenoxy) is 2. The first-order chi connectivity index (χ1) is 11.1. The third-order valence-electron chi connectivity index (χ3n) is 3.25. The Kier molecular flexibility index (Phi) is 5.59. The van der Waals surface area contributed by atoms with Crippen molar-refractivity contribution >= 4 is 11.6 Å². The summed E-state index contributed by atoms with van der Waals surface area (Å²) >= 11 is 0. The normalized spacial score (nSPS) is 11.2. The number of rotatable bonds is 6. The zero-order chi connectivity index (χ0) is 16.7. The largest absolute Gasteiger partial charge is 0.497 e. The molecule has 5 heteroatoms. The molecule has 0 bridgehead atoms. The molecule has 2 aromatic rings. The first kappa shape index (κ1) is 16.4. The predicted octanol–water partition coefficient (Wildman–Crippen LogP) is 3.17. The van der Waals surface area contributed by atoms with E-state index in [1.54, 1.807) is 50.4 Å². The molecular weight excluding hydrogens is 292 g/mol. The maximum atomic E-state index is 12.1. The van der Waals surface area contributed by atoms with E-state index in [1.807, 2.05) is 12.1 Å². The molecule has 0 heterocycles. The van der Waals surface area contributed by atoms with E-state index in [9.17, 15) is 4.79 Å². The van der Waals surface area contributed by atoms with Gasteiger partial charge in [0.05, 0.1) is 19.6 Å². The summed E-state index contributed by atoms with van der Waals surface area (Å²) in [4.78, 5) is 12.1. The van der Waals surface area contributed by atoms with Crippen LogP contribution in [0.2, 0.25) is 0 Å². The highest BCUT2D eigenvalue weighted by molar-refractivity contribution is 5.94. The minimum absolute atomic E-state index is 0.242. The maximum Gasteiger partial charge on any atom is 0.265 e. The predicted molar refractivity (Wildman–Crippen MR) is 87.5 cm³/mol. The summed E-state index contributed by atoms with van der Waals surface area (Å²) in [5, 5.41) is 11.4. The molecule has 0 aromatic heterocycles. The highest BCUT2D eigenvalue weighted by Crippen LogP contribution is 2.18. The van der Waals surface area contributed by atoms with Crippen molar-refractivity contribution in [2.75, 3.05) is 12.4 Å². The second-order valence-electron chi connectivity index (χ2n) is 4.96. The summed E-state index contributed by atoms with van der Waals surface area (Å²) in [7, 11) is 1.59. The number of nitrogens with one attached hydrogen (secondary N) is 1. The molecule has 0 fully saturated rings. The standard InChI is InChI=1S/C18H18N2O3/c1-13(23-17-9-7-16(22-2)8-10-17)18(21)20-15-5-3-14(4-6-15)11-12-19/h3-10,13H,11H2,1-2H3,(H,20,21)/t13-/m1/s1. The molecular formula is C18H18N2O3. The van der Waals surface area contributed by atoms with Gasteiger partial charge in [0.15, 0.2) is 6.10 Å². The Labute approximate surface area is 135 Å². The van der Waals surface area contributed by atoms with Crippen molar-refractivity contribution in [3.63, 3.8) is 0 Å². The highest BCUT2D eigenvalue weighted by Gasteiger charge is 2.14. The van der Waals surface area contributed by atoms with Gasteiger partial charge in [-0.25, -0.2) is 0 Å². The van der Waals surface area contributed by atoms with Gasteiger partial charge in [-0.05, 0) is 48.9 Å². The van der Waals surface area contributed by atoms with Crippen molar-refractivity contribution in [1.82, 2.24) is 0 Å². The first-order valence-electron chi connectivity index (χ1n) is 7.20. The van der Waals surface area contributed by atoms with Crippen LogP contribution in [0, 0.1) is 11.3 Å². The lowest BCUT2D eigenvalue weighted by atomic mass is 10.1. The summed E-state index contributed by atoms with van der Waals surface area (Å²) in [5.74, 6) is 1.08. The molecule has 1 atom stereocenters. The molecule has 2 rings (SSSR count). The van der Waals surface area contributed by atoms with Gasteiger partial charge in [-0.3, -0.25) is 4.79 Å². The lowest BCUT2D eigenvalue weighted by Crippen LogP contribution is -2.30. The van der Waals surface area contributed by atoms with Gasteiger partial charge >= 0.3 is 0 Å². The van der Waals surface area contributed by atoms with E-state index in [4.69, 9.17) is 14.7 Å². The second kappa shape index (κ2) is 7.85. The third kappa shape index (κ3) is 4.75. The number of carbonyl (C=O) groups is 1. The Balaban J connectivity index is 1.92. The molecule has 5 nitrogen and oxygen atoms in total. The van der Waals surface area contributed by atoms with Crippen molar-refractivity contribution in [2.24, 2.45) is 0 Å². The van der Waals surface area contributed by atoms with Crippen LogP contribution in [0.25, 0.3) is 0 Å². The number of hydrogen-bond donors (Lipinski definition) is 1. The molecule has 0 aliphatic heterocycles. The second-order valence-corrected chi connectivity index (χ2v) is 4.96. The topological polar surface area (TPSA) is 71.3 Å². The van der Waals surface area contributed by atoms with Crippen molar-refractivity contribution in [1.29, 1.82) is 5.26 Å². The van der Waals surface area contributed by atoms with Gasteiger partial charge in [0, 0.05) is 5.69 Å². The number of anilines is 1. The summed E-state index contributed by atoms with van der Waals surface area (Å²) < 4.78 is 10.7. The molecule has 2 aromatic carbocycles. The van der Waals surface area contributed by atoms with E-state index in [1.165, 1.54) is 0 Å². The molecule has 0 aliphatic carbocycles. The van der Waals surface area contributed by atoms with Crippen LogP contribution in [0.5, 0.6) is 11.5 Å². The molecule has 0 saturated heterocycles. The fourth-order valence-electron chi connectivity index (χ4n) is 1.95. The van der Waals surface area contributed by atoms with Crippen LogP contribution < -0.4 is 14.8 Å². The van der Waals surface area contributed by atoms with Crippen molar-refractivity contribution in [2.45, 2.75) is 19.4 Å². The van der Waals surface area contributed by atoms with Gasteiger partial charge in [-0.2, -0.15) is 5.26 Å². The number of carbonyl (C=O) groups excluding carboxylic acids is 1. The van der Waals surface area contributed by atoms with Gasteiger partial charge < -0.3 is 14.8 Å². The minimum atomic E-state index is -0.637. The van der Waals surface area contributed by atoms with Crippen LogP contribution in [-0.2, 0) is 11.2 Å². The van der Waals surface area contributed by atoms with Crippen LogP contribution >= 0.6 is 0 Å². The fourth-order valence-corrected chi connectivity index (χ4v) is 1.95. The molecule has 1 amide bonds. The summed E-state index contributed by atoms with van der Waals surface area (Å²) in [6.45, 7) is 1.68. The number of methoxy groups -OCH3 is 1. The van der Waals surface area contributed by atoms with Gasteiger partial charge in [-0.15, -0.1) is 0 Å². The van der Waals surface area contributed by atoms with Crippen LogP contribution in [0.15, 0.2) is 48.5 Å². The van der Waals surface area contributed by atoms with E-state index >= 15 is 0 Å². The Morgan fingerprint density at radius 2 is 1.74 bits per heavy atom. The van der Waals surface area contributed by atoms with Crippen LogP contribution in [0.3, 0.4) is 0 Å². The van der Waals surface area contributed by atoms with Crippen LogP contribution in [0.4, 0.5) is 5.69 Å². The van der Waals surface area contributed by atoms with Gasteiger partial charge in [-0.1, -0.05) is 12.1 Å². The van der Waals surface area contributed by atoms with Crippen LogP contribution in [0.1, 0.15) is 12.5 Å². The molecule has 1 N–H and O–H groups in total. The molecule has 0 radical (unpaired) electrons. The Morgan fingerprint density at radius 3 is 2.30 bits per heavy atom. The van der Waals surface area contributed by atoms with E-state index < -0.39 is 6.10 Å². The quantitative estimate of drug-likeness (QED) is 0.889. The number of hydrogen-bond acceptors (Lipinski definition) is 4. The Bertz CT molecular complexity index is 688. The minimum Gasteiger partial charge on any atom is -0.497 e. The SMILES string of the molecule is COc1ccc(O[C@H](C)C(=O)Nc2ccc(CC#N)cc2)cc1. The lowest BCUT2D eigenvalue weighted by molar-refractivity contribution is -0.122. The maximum absolute atomic E-state index is 12.1. The van der Waals surface area contributed by atoms with E-state index in [0.29, 0.717) is 17.9 Å². The first-order valence-corrected chi connectivity index (χ1v) is 7.20. The van der Waals surface area contributed by atoms with E-state index in [0.717, 1.165) is 11.3 Å². The molecule has 0 spiro atoms. The lowest BCUT2D eigenvalue weighted by Gasteiger charge is -2.15. The molecule has 0 unspecified atom stereocenters. The number of nitriles is 1. The summed E-state index contributed by atoms with van der Waals surface area (Å²) in [5.41, 5.74) is 1.58. The molecule has 23 heavy (non-hydrogen) atoms. The Morgan fingerprint density at radius 1 is 1.13 bits per heavy atom.